The van der Waals surface area contributed by atoms with Crippen LogP contribution in [0.15, 0.2) is 54.9 Å². The molecule has 1 spiro atoms. The van der Waals surface area contributed by atoms with Gasteiger partial charge in [-0.25, -0.2) is 0 Å². The Labute approximate surface area is 257 Å². The molecule has 0 bridgehead atoms. The van der Waals surface area contributed by atoms with Gasteiger partial charge in [0.15, 0.2) is 11.5 Å². The van der Waals surface area contributed by atoms with Crippen LogP contribution in [0.4, 0.5) is 11.4 Å². The molecule has 43 heavy (non-hydrogen) atoms. The Balaban J connectivity index is 1.20. The molecule has 1 aliphatic heterocycles. The van der Waals surface area contributed by atoms with E-state index in [0.717, 1.165) is 29.7 Å². The first kappa shape index (κ1) is 29.0. The lowest BCUT2D eigenvalue weighted by Crippen LogP contribution is -2.35. The average molecular weight is 598 g/mol. The Hall–Kier alpha value is -4.06. The minimum atomic E-state index is 0.316. The van der Waals surface area contributed by atoms with E-state index in [1.807, 2.05) is 43.3 Å². The Bertz CT molecular complexity index is 1660. The molecule has 0 amide bonds. The highest BCUT2D eigenvalue weighted by Gasteiger charge is 2.39. The predicted molar refractivity (Wildman–Crippen MR) is 168 cm³/mol. The van der Waals surface area contributed by atoms with Gasteiger partial charge in [0, 0.05) is 29.5 Å². The Morgan fingerprint density at radius 1 is 1.07 bits per heavy atom. The van der Waals surface area contributed by atoms with Crippen LogP contribution in [0.2, 0.25) is 5.02 Å². The van der Waals surface area contributed by atoms with Crippen molar-refractivity contribution in [3.05, 3.63) is 76.7 Å². The van der Waals surface area contributed by atoms with Crippen molar-refractivity contribution in [2.24, 2.45) is 11.3 Å². The van der Waals surface area contributed by atoms with Gasteiger partial charge >= 0.3 is 0 Å². The molecule has 2 fully saturated rings. The molecule has 1 atom stereocenters. The molecule has 222 valence electrons. The van der Waals surface area contributed by atoms with E-state index in [1.165, 1.54) is 32.1 Å². The first-order valence-corrected chi connectivity index (χ1v) is 15.2. The number of rotatable bonds is 9. The number of hydrogen-bond donors (Lipinski definition) is 2. The molecule has 1 saturated carbocycles. The molecule has 9 heteroatoms. The highest BCUT2D eigenvalue weighted by atomic mass is 35.5. The summed E-state index contributed by atoms with van der Waals surface area (Å²) in [5.41, 5.74) is 4.83. The molecule has 1 aliphatic carbocycles. The van der Waals surface area contributed by atoms with Crippen LogP contribution in [-0.2, 0) is 6.61 Å². The quantitative estimate of drug-likeness (QED) is 0.207. The Morgan fingerprint density at radius 2 is 1.93 bits per heavy atom. The summed E-state index contributed by atoms with van der Waals surface area (Å²) in [6.07, 6.45) is 9.54. The molecule has 4 aromatic rings. The van der Waals surface area contributed by atoms with Gasteiger partial charge in [0.2, 0.25) is 0 Å². The van der Waals surface area contributed by atoms with Crippen LogP contribution in [0.25, 0.3) is 10.9 Å². The normalized spacial score (nSPS) is 17.5. The number of nitrogens with one attached hydrogen (secondary N) is 2. The fourth-order valence-corrected chi connectivity index (χ4v) is 6.67. The number of fused-ring (bicyclic) bond motifs is 1. The number of aryl methyl sites for hydroxylation is 1. The number of anilines is 2. The zero-order valence-electron chi connectivity index (χ0n) is 24.6. The van der Waals surface area contributed by atoms with Crippen LogP contribution in [-0.4, -0.2) is 36.8 Å². The van der Waals surface area contributed by atoms with Crippen LogP contribution < -0.4 is 24.8 Å². The summed E-state index contributed by atoms with van der Waals surface area (Å²) in [6, 6.07) is 15.4. The molecular weight excluding hydrogens is 562 g/mol. The molecule has 1 unspecified atom stereocenters. The molecular formula is C34H36ClN5O3. The van der Waals surface area contributed by atoms with Crippen LogP contribution >= 0.6 is 11.6 Å². The van der Waals surface area contributed by atoms with Crippen LogP contribution in [0.1, 0.15) is 48.9 Å². The number of piperidine rings is 1. The number of hydrogen-bond acceptors (Lipinski definition) is 8. The lowest BCUT2D eigenvalue weighted by Gasteiger charge is -2.34. The highest BCUT2D eigenvalue weighted by molar-refractivity contribution is 6.32. The van der Waals surface area contributed by atoms with Crippen molar-refractivity contribution in [2.75, 3.05) is 32.1 Å². The van der Waals surface area contributed by atoms with Gasteiger partial charge < -0.3 is 24.8 Å². The van der Waals surface area contributed by atoms with Gasteiger partial charge in [-0.2, -0.15) is 5.26 Å². The number of halogens is 1. The van der Waals surface area contributed by atoms with Gasteiger partial charge in [-0.3, -0.25) is 9.97 Å². The van der Waals surface area contributed by atoms with Crippen molar-refractivity contribution in [2.45, 2.75) is 45.6 Å². The largest absolute Gasteiger partial charge is 0.493 e. The van der Waals surface area contributed by atoms with Crippen molar-refractivity contribution in [3.63, 3.8) is 0 Å². The standard InChI is InChI=1S/C34H36ClN5O3/c1-22-4-3-11-38-29(22)21-43-30-6-5-25(14-27(30)35)40-33-24(18-36)19-39-28-16-32(31(41-2)15-26(28)33)42-20-23-7-8-34(17-23)9-12-37-13-10-34/h3-6,11,14-16,19,23,37H,7-10,12-13,17,20-21H2,1-2H3,(H,39,40). The topological polar surface area (TPSA) is 101 Å². The summed E-state index contributed by atoms with van der Waals surface area (Å²) >= 11 is 6.60. The first-order chi connectivity index (χ1) is 21.0. The molecule has 3 heterocycles. The lowest BCUT2D eigenvalue weighted by molar-refractivity contribution is 0.181. The van der Waals surface area contributed by atoms with Gasteiger partial charge in [-0.1, -0.05) is 17.7 Å². The molecule has 2 aromatic carbocycles. The SMILES string of the molecule is COc1cc2c(Nc3ccc(OCc4ncccc4C)c(Cl)c3)c(C#N)cnc2cc1OCC1CCC2(CCNCC2)C1. The zero-order valence-corrected chi connectivity index (χ0v) is 25.3. The van der Waals surface area contributed by atoms with Gasteiger partial charge in [-0.05, 0) is 99.3 Å². The summed E-state index contributed by atoms with van der Waals surface area (Å²) in [5.74, 6) is 2.36. The van der Waals surface area contributed by atoms with E-state index in [4.69, 9.17) is 25.8 Å². The third kappa shape index (κ3) is 6.34. The number of aromatic nitrogens is 2. The molecule has 2 N–H and O–H groups in total. The molecule has 6 rings (SSSR count). The van der Waals surface area contributed by atoms with E-state index in [0.29, 0.717) is 69.3 Å². The number of benzene rings is 2. The van der Waals surface area contributed by atoms with Crippen molar-refractivity contribution < 1.29 is 14.2 Å². The average Bonchev–Trinajstić information content (AvgIpc) is 3.41. The first-order valence-electron chi connectivity index (χ1n) is 14.8. The lowest BCUT2D eigenvalue weighted by atomic mass is 9.77. The van der Waals surface area contributed by atoms with E-state index < -0.39 is 0 Å². The number of methoxy groups -OCH3 is 1. The molecule has 2 aromatic heterocycles. The second-order valence-electron chi connectivity index (χ2n) is 11.7. The zero-order chi connectivity index (χ0) is 29.8. The summed E-state index contributed by atoms with van der Waals surface area (Å²) < 4.78 is 18.0. The second-order valence-corrected chi connectivity index (χ2v) is 12.1. The molecule has 1 saturated heterocycles. The highest BCUT2D eigenvalue weighted by Crippen LogP contribution is 2.48. The third-order valence-electron chi connectivity index (χ3n) is 8.90. The smallest absolute Gasteiger partial charge is 0.163 e. The summed E-state index contributed by atoms with van der Waals surface area (Å²) in [4.78, 5) is 8.95. The third-order valence-corrected chi connectivity index (χ3v) is 9.20. The maximum Gasteiger partial charge on any atom is 0.163 e. The fourth-order valence-electron chi connectivity index (χ4n) is 6.44. The van der Waals surface area contributed by atoms with E-state index >= 15 is 0 Å². The van der Waals surface area contributed by atoms with Gasteiger partial charge in [0.05, 0.1) is 41.2 Å². The maximum absolute atomic E-state index is 9.90. The maximum atomic E-state index is 9.90. The predicted octanol–water partition coefficient (Wildman–Crippen LogP) is 7.34. The Morgan fingerprint density at radius 3 is 2.70 bits per heavy atom. The number of ether oxygens (including phenoxy) is 3. The van der Waals surface area contributed by atoms with E-state index in [9.17, 15) is 5.26 Å². The number of nitrogens with zero attached hydrogens (tertiary/aromatic N) is 3. The monoisotopic (exact) mass is 597 g/mol. The van der Waals surface area contributed by atoms with Crippen LogP contribution in [0.3, 0.4) is 0 Å². The van der Waals surface area contributed by atoms with E-state index in [-0.39, 0.29) is 0 Å². The van der Waals surface area contributed by atoms with Gasteiger partial charge in [0.1, 0.15) is 18.4 Å². The minimum absolute atomic E-state index is 0.316. The van der Waals surface area contributed by atoms with Crippen molar-refractivity contribution >= 4 is 33.9 Å². The Kier molecular flexibility index (Phi) is 8.55. The fraction of sp³-hybridized carbons (Fsp3) is 0.382. The van der Waals surface area contributed by atoms with Crippen molar-refractivity contribution in [3.8, 4) is 23.3 Å². The summed E-state index contributed by atoms with van der Waals surface area (Å²) in [5, 5.41) is 18.0. The molecule has 2 aliphatic rings. The molecule has 8 nitrogen and oxygen atoms in total. The van der Waals surface area contributed by atoms with Crippen LogP contribution in [0, 0.1) is 29.6 Å². The van der Waals surface area contributed by atoms with Crippen molar-refractivity contribution in [1.29, 1.82) is 5.26 Å². The van der Waals surface area contributed by atoms with Crippen LogP contribution in [0.5, 0.6) is 17.2 Å². The summed E-state index contributed by atoms with van der Waals surface area (Å²) in [7, 11) is 1.63. The van der Waals surface area contributed by atoms with E-state index in [2.05, 4.69) is 26.7 Å². The minimum Gasteiger partial charge on any atom is -0.493 e. The summed E-state index contributed by atoms with van der Waals surface area (Å²) in [6.45, 7) is 5.21. The number of pyridine rings is 2. The van der Waals surface area contributed by atoms with Gasteiger partial charge in [-0.15, -0.1) is 0 Å². The van der Waals surface area contributed by atoms with Gasteiger partial charge in [0.25, 0.3) is 0 Å². The second kappa shape index (κ2) is 12.7. The van der Waals surface area contributed by atoms with Crippen molar-refractivity contribution in [1.82, 2.24) is 15.3 Å². The number of nitriles is 1. The molecule has 0 radical (unpaired) electrons. The van der Waals surface area contributed by atoms with E-state index in [1.54, 1.807) is 25.6 Å².